The van der Waals surface area contributed by atoms with Crippen LogP contribution in [0.3, 0.4) is 0 Å². The second-order valence-corrected chi connectivity index (χ2v) is 5.27. The van der Waals surface area contributed by atoms with E-state index in [0.717, 1.165) is 32.6 Å². The van der Waals surface area contributed by atoms with Crippen LogP contribution in [0.2, 0.25) is 0 Å². The number of para-hydroxylation sites is 1. The Morgan fingerprint density at radius 2 is 1.52 bits per heavy atom. The standard InChI is InChI=1S/C19H26N2/c1-3-20-15-14-17-10-12-18(13-11-17)16-21(4-2)19-8-6-5-7-9-19/h5-13,20H,3-4,14-16H2,1-2H3. The second kappa shape index (κ2) is 8.48. The van der Waals surface area contributed by atoms with Crippen LogP contribution in [0.1, 0.15) is 25.0 Å². The quantitative estimate of drug-likeness (QED) is 0.740. The summed E-state index contributed by atoms with van der Waals surface area (Å²) in [6.45, 7) is 8.44. The monoisotopic (exact) mass is 282 g/mol. The SMILES string of the molecule is CCNCCc1ccc(CN(CC)c2ccccc2)cc1. The van der Waals surface area contributed by atoms with Crippen LogP contribution in [-0.2, 0) is 13.0 Å². The molecule has 0 saturated carbocycles. The zero-order valence-corrected chi connectivity index (χ0v) is 13.2. The minimum atomic E-state index is 0.966. The predicted octanol–water partition coefficient (Wildman–Crippen LogP) is 3.87. The lowest BCUT2D eigenvalue weighted by atomic mass is 10.1. The molecule has 0 fully saturated rings. The van der Waals surface area contributed by atoms with Gasteiger partial charge in [-0.2, -0.15) is 0 Å². The van der Waals surface area contributed by atoms with Gasteiger partial charge in [-0.05, 0) is 49.7 Å². The van der Waals surface area contributed by atoms with E-state index in [1.807, 2.05) is 0 Å². The number of likely N-dealkylation sites (N-methyl/N-ethyl adjacent to an activating group) is 1. The van der Waals surface area contributed by atoms with Crippen molar-refractivity contribution in [2.24, 2.45) is 0 Å². The van der Waals surface area contributed by atoms with Gasteiger partial charge in [-0.15, -0.1) is 0 Å². The Morgan fingerprint density at radius 3 is 2.14 bits per heavy atom. The van der Waals surface area contributed by atoms with Crippen molar-refractivity contribution in [1.82, 2.24) is 5.32 Å². The highest BCUT2D eigenvalue weighted by atomic mass is 15.1. The molecule has 0 aliphatic rings. The third-order valence-electron chi connectivity index (χ3n) is 3.74. The summed E-state index contributed by atoms with van der Waals surface area (Å²) < 4.78 is 0. The summed E-state index contributed by atoms with van der Waals surface area (Å²) in [7, 11) is 0. The van der Waals surface area contributed by atoms with Crippen molar-refractivity contribution < 1.29 is 0 Å². The summed E-state index contributed by atoms with van der Waals surface area (Å²) in [6, 6.07) is 19.6. The van der Waals surface area contributed by atoms with Gasteiger partial charge in [0, 0.05) is 18.8 Å². The van der Waals surface area contributed by atoms with Crippen molar-refractivity contribution >= 4 is 5.69 Å². The average molecular weight is 282 g/mol. The molecule has 0 aliphatic heterocycles. The molecule has 0 saturated heterocycles. The Morgan fingerprint density at radius 1 is 0.857 bits per heavy atom. The zero-order valence-electron chi connectivity index (χ0n) is 13.2. The average Bonchev–Trinajstić information content (AvgIpc) is 2.55. The van der Waals surface area contributed by atoms with Crippen LogP contribution < -0.4 is 10.2 Å². The first kappa shape index (κ1) is 15.6. The molecule has 112 valence electrons. The third-order valence-corrected chi connectivity index (χ3v) is 3.74. The van der Waals surface area contributed by atoms with Gasteiger partial charge in [0.05, 0.1) is 0 Å². The van der Waals surface area contributed by atoms with Gasteiger partial charge in [0.2, 0.25) is 0 Å². The lowest BCUT2D eigenvalue weighted by Gasteiger charge is -2.23. The molecule has 2 aromatic carbocycles. The lowest BCUT2D eigenvalue weighted by Crippen LogP contribution is -2.21. The number of nitrogens with one attached hydrogen (secondary N) is 1. The Hall–Kier alpha value is -1.80. The van der Waals surface area contributed by atoms with Crippen LogP contribution in [0, 0.1) is 0 Å². The maximum absolute atomic E-state index is 3.37. The van der Waals surface area contributed by atoms with Crippen molar-refractivity contribution in [1.29, 1.82) is 0 Å². The van der Waals surface area contributed by atoms with E-state index < -0.39 is 0 Å². The van der Waals surface area contributed by atoms with Crippen molar-refractivity contribution in [3.05, 3.63) is 65.7 Å². The van der Waals surface area contributed by atoms with Gasteiger partial charge in [-0.25, -0.2) is 0 Å². The molecule has 2 heteroatoms. The fourth-order valence-electron chi connectivity index (χ4n) is 2.47. The predicted molar refractivity (Wildman–Crippen MR) is 91.9 cm³/mol. The summed E-state index contributed by atoms with van der Waals surface area (Å²) in [5, 5.41) is 3.37. The molecule has 0 radical (unpaired) electrons. The molecule has 0 atom stereocenters. The highest BCUT2D eigenvalue weighted by Gasteiger charge is 2.04. The van der Waals surface area contributed by atoms with Gasteiger partial charge in [0.15, 0.2) is 0 Å². The number of hydrogen-bond donors (Lipinski definition) is 1. The van der Waals surface area contributed by atoms with Crippen molar-refractivity contribution in [2.75, 3.05) is 24.5 Å². The van der Waals surface area contributed by atoms with Crippen LogP contribution in [0.25, 0.3) is 0 Å². The highest BCUT2D eigenvalue weighted by molar-refractivity contribution is 5.46. The van der Waals surface area contributed by atoms with Crippen LogP contribution in [0.5, 0.6) is 0 Å². The minimum Gasteiger partial charge on any atom is -0.367 e. The minimum absolute atomic E-state index is 0.966. The number of nitrogens with zero attached hydrogens (tertiary/aromatic N) is 1. The van der Waals surface area contributed by atoms with Gasteiger partial charge in [-0.1, -0.05) is 49.4 Å². The highest BCUT2D eigenvalue weighted by Crippen LogP contribution is 2.16. The third kappa shape index (κ3) is 4.91. The summed E-state index contributed by atoms with van der Waals surface area (Å²) in [4.78, 5) is 2.40. The molecular weight excluding hydrogens is 256 g/mol. The Labute approximate surface area is 128 Å². The molecule has 0 unspecified atom stereocenters. The molecule has 0 amide bonds. The van der Waals surface area contributed by atoms with Crippen LogP contribution in [-0.4, -0.2) is 19.6 Å². The molecule has 2 rings (SSSR count). The van der Waals surface area contributed by atoms with Crippen molar-refractivity contribution in [3.8, 4) is 0 Å². The maximum Gasteiger partial charge on any atom is 0.0429 e. The first-order valence-corrected chi connectivity index (χ1v) is 7.92. The van der Waals surface area contributed by atoms with E-state index in [4.69, 9.17) is 0 Å². The molecule has 2 aromatic rings. The van der Waals surface area contributed by atoms with Crippen molar-refractivity contribution in [2.45, 2.75) is 26.8 Å². The van der Waals surface area contributed by atoms with E-state index in [1.54, 1.807) is 0 Å². The molecule has 0 aliphatic carbocycles. The zero-order chi connectivity index (χ0) is 14.9. The normalized spacial score (nSPS) is 10.6. The molecule has 2 nitrogen and oxygen atoms in total. The van der Waals surface area contributed by atoms with E-state index in [2.05, 4.69) is 78.7 Å². The number of anilines is 1. The maximum atomic E-state index is 3.37. The first-order chi connectivity index (χ1) is 10.3. The van der Waals surface area contributed by atoms with Gasteiger partial charge >= 0.3 is 0 Å². The largest absolute Gasteiger partial charge is 0.367 e. The van der Waals surface area contributed by atoms with Crippen LogP contribution in [0.15, 0.2) is 54.6 Å². The van der Waals surface area contributed by atoms with E-state index >= 15 is 0 Å². The molecule has 1 N–H and O–H groups in total. The smallest absolute Gasteiger partial charge is 0.0429 e. The Bertz CT molecular complexity index is 505. The summed E-state index contributed by atoms with van der Waals surface area (Å²) in [5.41, 5.74) is 4.06. The summed E-state index contributed by atoms with van der Waals surface area (Å²) in [5.74, 6) is 0. The van der Waals surface area contributed by atoms with E-state index in [1.165, 1.54) is 16.8 Å². The first-order valence-electron chi connectivity index (χ1n) is 7.92. The topological polar surface area (TPSA) is 15.3 Å². The van der Waals surface area contributed by atoms with Gasteiger partial charge in [0.1, 0.15) is 0 Å². The van der Waals surface area contributed by atoms with Crippen LogP contribution >= 0.6 is 0 Å². The van der Waals surface area contributed by atoms with E-state index in [0.29, 0.717) is 0 Å². The summed E-state index contributed by atoms with van der Waals surface area (Å²) in [6.07, 6.45) is 1.10. The van der Waals surface area contributed by atoms with Crippen LogP contribution in [0.4, 0.5) is 5.69 Å². The molecular formula is C19H26N2. The Kier molecular flexibility index (Phi) is 6.29. The number of rotatable bonds is 8. The summed E-state index contributed by atoms with van der Waals surface area (Å²) >= 11 is 0. The fraction of sp³-hybridized carbons (Fsp3) is 0.368. The van der Waals surface area contributed by atoms with Gasteiger partial charge in [0.25, 0.3) is 0 Å². The molecule has 0 spiro atoms. The number of hydrogen-bond acceptors (Lipinski definition) is 2. The van der Waals surface area contributed by atoms with Gasteiger partial charge in [-0.3, -0.25) is 0 Å². The van der Waals surface area contributed by atoms with Gasteiger partial charge < -0.3 is 10.2 Å². The lowest BCUT2D eigenvalue weighted by molar-refractivity contribution is 0.716. The molecule has 0 heterocycles. The second-order valence-electron chi connectivity index (χ2n) is 5.27. The number of benzene rings is 2. The van der Waals surface area contributed by atoms with E-state index in [9.17, 15) is 0 Å². The Balaban J connectivity index is 1.95. The molecule has 21 heavy (non-hydrogen) atoms. The van der Waals surface area contributed by atoms with Crippen molar-refractivity contribution in [3.63, 3.8) is 0 Å². The molecule has 0 aromatic heterocycles. The molecule has 0 bridgehead atoms. The van der Waals surface area contributed by atoms with E-state index in [-0.39, 0.29) is 0 Å². The fourth-order valence-corrected chi connectivity index (χ4v) is 2.47.